The summed E-state index contributed by atoms with van der Waals surface area (Å²) in [5.74, 6) is -1.37. The lowest BCUT2D eigenvalue weighted by Crippen LogP contribution is -2.29. The predicted molar refractivity (Wildman–Crippen MR) is 188 cm³/mol. The molecule has 0 aromatic heterocycles. The standard InChI is InChI=1S/C36H45N3O7S2/c1-35(2)28-11-7-8-12-30(28)38(6)32(35)22-25-14-15-26(21-25)23-33-36(3,4)29-24-27(48(45,46)37(5)18-9-13-34(40)41)16-17-31(29)39(33)19-10-20-47(42,43)44/h7-8,11-12,16-17,21-24H,9-10,13-15,18-20H2,1-6H3,(H-,40,41,42,43,44)/p+1. The van der Waals surface area contributed by atoms with Crippen LogP contribution in [0.5, 0.6) is 0 Å². The van der Waals surface area contributed by atoms with Crippen molar-refractivity contribution in [3.63, 3.8) is 0 Å². The maximum absolute atomic E-state index is 13.5. The number of allylic oxidation sites excluding steroid dienone is 6. The zero-order valence-electron chi connectivity index (χ0n) is 28.5. The van der Waals surface area contributed by atoms with E-state index < -0.39 is 31.5 Å². The van der Waals surface area contributed by atoms with Crippen LogP contribution < -0.4 is 4.90 Å². The van der Waals surface area contributed by atoms with Gasteiger partial charge in [0.1, 0.15) is 7.05 Å². The second-order valence-corrected chi connectivity index (χ2v) is 17.6. The molecule has 3 aliphatic rings. The highest BCUT2D eigenvalue weighted by molar-refractivity contribution is 7.89. The number of fused-ring (bicyclic) bond motifs is 2. The minimum absolute atomic E-state index is 0.0736. The van der Waals surface area contributed by atoms with Crippen molar-refractivity contribution in [1.29, 1.82) is 0 Å². The molecule has 1 aliphatic carbocycles. The molecule has 0 atom stereocenters. The van der Waals surface area contributed by atoms with Gasteiger partial charge in [0.15, 0.2) is 5.71 Å². The van der Waals surface area contributed by atoms with Crippen LogP contribution in [0, 0.1) is 0 Å². The number of benzene rings is 2. The molecule has 0 unspecified atom stereocenters. The first-order valence-corrected chi connectivity index (χ1v) is 19.3. The van der Waals surface area contributed by atoms with Gasteiger partial charge in [0.25, 0.3) is 10.1 Å². The Hall–Kier alpha value is -3.58. The van der Waals surface area contributed by atoms with Crippen LogP contribution in [0.4, 0.5) is 11.4 Å². The summed E-state index contributed by atoms with van der Waals surface area (Å²) in [5, 5.41) is 8.98. The molecule has 0 saturated heterocycles. The molecule has 2 N–H and O–H groups in total. The van der Waals surface area contributed by atoms with Crippen molar-refractivity contribution in [3.05, 3.63) is 88.7 Å². The fourth-order valence-corrected chi connectivity index (χ4v) is 8.91. The Kier molecular flexibility index (Phi) is 9.70. The predicted octanol–water partition coefficient (Wildman–Crippen LogP) is 5.78. The number of hydrogen-bond acceptors (Lipinski definition) is 6. The maximum Gasteiger partial charge on any atom is 0.303 e. The summed E-state index contributed by atoms with van der Waals surface area (Å²) in [6, 6.07) is 13.4. The van der Waals surface area contributed by atoms with Gasteiger partial charge in [-0.15, -0.1) is 0 Å². The molecule has 0 spiro atoms. The van der Waals surface area contributed by atoms with Crippen molar-refractivity contribution < 1.29 is 35.9 Å². The van der Waals surface area contributed by atoms with Gasteiger partial charge in [0, 0.05) is 61.1 Å². The molecule has 5 rings (SSSR count). The van der Waals surface area contributed by atoms with Gasteiger partial charge in [-0.3, -0.25) is 9.35 Å². The Morgan fingerprint density at radius 2 is 1.69 bits per heavy atom. The largest absolute Gasteiger partial charge is 0.481 e. The highest BCUT2D eigenvalue weighted by atomic mass is 32.2. The van der Waals surface area contributed by atoms with Crippen molar-refractivity contribution in [2.75, 3.05) is 37.8 Å². The van der Waals surface area contributed by atoms with Crippen LogP contribution in [0.15, 0.2) is 82.4 Å². The van der Waals surface area contributed by atoms with E-state index in [2.05, 4.69) is 68.0 Å². The average molecular weight is 697 g/mol. The summed E-state index contributed by atoms with van der Waals surface area (Å²) in [4.78, 5) is 13.1. The summed E-state index contributed by atoms with van der Waals surface area (Å²) in [6.07, 6.45) is 8.59. The molecule has 2 aromatic rings. The summed E-state index contributed by atoms with van der Waals surface area (Å²) in [5.41, 5.74) is 7.79. The normalized spacial score (nSPS) is 20.2. The molecular formula is C36H46N3O7S2+. The van der Waals surface area contributed by atoms with Gasteiger partial charge in [-0.1, -0.05) is 38.1 Å². The van der Waals surface area contributed by atoms with E-state index in [1.807, 2.05) is 18.7 Å². The first-order chi connectivity index (χ1) is 22.3. The molecule has 0 radical (unpaired) electrons. The number of carbonyl (C=O) groups is 1. The number of nitrogens with zero attached hydrogens (tertiary/aromatic N) is 3. The first-order valence-electron chi connectivity index (χ1n) is 16.2. The molecular weight excluding hydrogens is 651 g/mol. The monoisotopic (exact) mass is 696 g/mol. The number of carboxylic acids is 1. The second kappa shape index (κ2) is 13.0. The van der Waals surface area contributed by atoms with Crippen LogP contribution in [0.1, 0.15) is 70.9 Å². The van der Waals surface area contributed by atoms with Gasteiger partial charge in [-0.2, -0.15) is 13.0 Å². The molecule has 0 saturated carbocycles. The fraction of sp³-hybridized carbons (Fsp3) is 0.444. The zero-order chi connectivity index (χ0) is 35.2. The fourth-order valence-electron chi connectivity index (χ4n) is 7.18. The van der Waals surface area contributed by atoms with Crippen LogP contribution >= 0.6 is 0 Å². The smallest absolute Gasteiger partial charge is 0.303 e. The number of hydrogen-bond donors (Lipinski definition) is 2. The number of anilines is 1. The van der Waals surface area contributed by atoms with Gasteiger partial charge in [-0.25, -0.2) is 12.7 Å². The summed E-state index contributed by atoms with van der Waals surface area (Å²) in [6.45, 7) is 8.94. The zero-order valence-corrected chi connectivity index (χ0v) is 30.2. The van der Waals surface area contributed by atoms with Gasteiger partial charge in [0.05, 0.1) is 16.1 Å². The van der Waals surface area contributed by atoms with E-state index in [-0.39, 0.29) is 41.9 Å². The molecule has 10 nitrogen and oxygen atoms in total. The summed E-state index contributed by atoms with van der Waals surface area (Å²) >= 11 is 0. The number of carboxylic acid groups (broad SMARTS) is 1. The minimum atomic E-state index is -4.16. The lowest BCUT2D eigenvalue weighted by atomic mass is 9.81. The Balaban J connectivity index is 1.50. The van der Waals surface area contributed by atoms with E-state index in [0.29, 0.717) is 6.54 Å². The van der Waals surface area contributed by atoms with Gasteiger partial charge >= 0.3 is 5.97 Å². The van der Waals surface area contributed by atoms with E-state index in [0.717, 1.165) is 35.4 Å². The third-order valence-corrected chi connectivity index (χ3v) is 12.5. The van der Waals surface area contributed by atoms with Gasteiger partial charge in [-0.05, 0) is 80.5 Å². The van der Waals surface area contributed by atoms with Gasteiger partial charge in [0.2, 0.25) is 15.7 Å². The quantitative estimate of drug-likeness (QED) is 0.211. The number of sulfonamides is 1. The van der Waals surface area contributed by atoms with Crippen molar-refractivity contribution >= 4 is 43.2 Å². The maximum atomic E-state index is 13.5. The lowest BCUT2D eigenvalue weighted by molar-refractivity contribution is -0.401. The van der Waals surface area contributed by atoms with Crippen LogP contribution in [0.25, 0.3) is 0 Å². The average Bonchev–Trinajstić information content (AvgIpc) is 3.59. The van der Waals surface area contributed by atoms with E-state index >= 15 is 0 Å². The lowest BCUT2D eigenvalue weighted by Gasteiger charge is -2.27. The number of aliphatic carboxylic acids is 1. The van der Waals surface area contributed by atoms with E-state index in [1.165, 1.54) is 33.9 Å². The van der Waals surface area contributed by atoms with E-state index in [9.17, 15) is 26.2 Å². The molecule has 2 aromatic carbocycles. The molecule has 0 fully saturated rings. The second-order valence-electron chi connectivity index (χ2n) is 14.0. The highest BCUT2D eigenvalue weighted by Gasteiger charge is 2.44. The van der Waals surface area contributed by atoms with E-state index in [4.69, 9.17) is 5.11 Å². The first kappa shape index (κ1) is 35.7. The van der Waals surface area contributed by atoms with Crippen molar-refractivity contribution in [3.8, 4) is 0 Å². The number of para-hydroxylation sites is 1. The van der Waals surface area contributed by atoms with Crippen LogP contribution in [0.3, 0.4) is 0 Å². The Morgan fingerprint density at radius 3 is 2.35 bits per heavy atom. The minimum Gasteiger partial charge on any atom is -0.481 e. The topological polar surface area (TPSA) is 135 Å². The van der Waals surface area contributed by atoms with Crippen LogP contribution in [0.2, 0.25) is 0 Å². The van der Waals surface area contributed by atoms with Gasteiger partial charge < -0.3 is 10.0 Å². The van der Waals surface area contributed by atoms with Crippen LogP contribution in [-0.4, -0.2) is 80.0 Å². The number of rotatable bonds is 12. The summed E-state index contributed by atoms with van der Waals surface area (Å²) in [7, 11) is -4.50. The highest BCUT2D eigenvalue weighted by Crippen LogP contribution is 2.49. The summed E-state index contributed by atoms with van der Waals surface area (Å²) < 4.78 is 63.0. The molecule has 258 valence electrons. The van der Waals surface area contributed by atoms with Crippen molar-refractivity contribution in [2.24, 2.45) is 0 Å². The van der Waals surface area contributed by atoms with Crippen LogP contribution in [-0.2, 0) is 35.8 Å². The molecule has 2 aliphatic heterocycles. The molecule has 2 heterocycles. The SMILES string of the molecule is CN(CCCC(=O)O)S(=O)(=O)c1ccc2c(c1)C(C)(C)C(=CC1=CC(=CC3=[N+](C)c4ccccc4C3(C)C)CC1)N2CCCS(=O)(=O)O. The molecule has 0 bridgehead atoms. The molecule has 0 amide bonds. The Bertz CT molecular complexity index is 1990. The Labute approximate surface area is 284 Å². The van der Waals surface area contributed by atoms with Crippen molar-refractivity contribution in [1.82, 2.24) is 4.31 Å². The van der Waals surface area contributed by atoms with Crippen molar-refractivity contribution in [2.45, 2.75) is 75.5 Å². The third kappa shape index (κ3) is 6.94. The molecule has 12 heteroatoms. The molecule has 48 heavy (non-hydrogen) atoms. The Morgan fingerprint density at radius 1 is 0.979 bits per heavy atom. The third-order valence-electron chi connectivity index (χ3n) is 9.88. The van der Waals surface area contributed by atoms with E-state index in [1.54, 1.807) is 18.2 Å².